The van der Waals surface area contributed by atoms with E-state index >= 15 is 0 Å². The smallest absolute Gasteiger partial charge is 0.120 e. The molecule has 0 saturated carbocycles. The number of rotatable bonds is 5. The summed E-state index contributed by atoms with van der Waals surface area (Å²) in [5.74, 6) is 0.879. The van der Waals surface area contributed by atoms with Gasteiger partial charge < -0.3 is 10.1 Å². The normalized spacial score (nSPS) is 12.5. The molecular weight excluding hydrogens is 350 g/mol. The number of benzene rings is 2. The maximum Gasteiger partial charge on any atom is 0.120 e. The van der Waals surface area contributed by atoms with E-state index < -0.39 is 0 Å². The molecule has 0 aliphatic carbocycles. The fourth-order valence-electron chi connectivity index (χ4n) is 2.31. The third kappa shape index (κ3) is 4.47. The van der Waals surface area contributed by atoms with E-state index in [9.17, 15) is 0 Å². The highest BCUT2D eigenvalue weighted by atomic mass is 79.9. The molecule has 2 aromatic carbocycles. The summed E-state index contributed by atoms with van der Waals surface area (Å²) >= 11 is 9.65. The van der Waals surface area contributed by atoms with Crippen LogP contribution in [-0.4, -0.2) is 13.2 Å². The van der Waals surface area contributed by atoms with Gasteiger partial charge in [-0.25, -0.2) is 0 Å². The SMILES string of the molecule is CNC(c1cc(Cl)cc(Br)c1)c1cccc(OC(C)C)c1. The van der Waals surface area contributed by atoms with Crippen LogP contribution in [0.1, 0.15) is 31.0 Å². The highest BCUT2D eigenvalue weighted by Crippen LogP contribution is 2.29. The Kier molecular flexibility index (Phi) is 5.68. The first kappa shape index (κ1) is 16.3. The van der Waals surface area contributed by atoms with E-state index in [0.717, 1.165) is 21.3 Å². The first-order chi connectivity index (χ1) is 9.99. The van der Waals surface area contributed by atoms with Crippen LogP contribution in [-0.2, 0) is 0 Å². The first-order valence-corrected chi connectivity index (χ1v) is 8.06. The molecule has 0 saturated heterocycles. The first-order valence-electron chi connectivity index (χ1n) is 6.89. The summed E-state index contributed by atoms with van der Waals surface area (Å²) in [6.45, 7) is 4.05. The highest BCUT2D eigenvalue weighted by Gasteiger charge is 2.14. The second kappa shape index (κ2) is 7.30. The lowest BCUT2D eigenvalue weighted by molar-refractivity contribution is 0.242. The quantitative estimate of drug-likeness (QED) is 0.783. The lowest BCUT2D eigenvalue weighted by Crippen LogP contribution is -2.18. The number of nitrogens with one attached hydrogen (secondary N) is 1. The second-order valence-electron chi connectivity index (χ2n) is 5.16. The summed E-state index contributed by atoms with van der Waals surface area (Å²) in [6, 6.07) is 14.1. The molecule has 1 unspecified atom stereocenters. The van der Waals surface area contributed by atoms with Crippen molar-refractivity contribution in [3.05, 3.63) is 63.1 Å². The van der Waals surface area contributed by atoms with Gasteiger partial charge in [0.15, 0.2) is 0 Å². The summed E-state index contributed by atoms with van der Waals surface area (Å²) in [5, 5.41) is 4.05. The maximum absolute atomic E-state index is 6.16. The monoisotopic (exact) mass is 367 g/mol. The zero-order valence-corrected chi connectivity index (χ0v) is 14.7. The summed E-state index contributed by atoms with van der Waals surface area (Å²) in [4.78, 5) is 0. The van der Waals surface area contributed by atoms with Gasteiger partial charge in [-0.3, -0.25) is 0 Å². The topological polar surface area (TPSA) is 21.3 Å². The third-order valence-electron chi connectivity index (χ3n) is 3.07. The van der Waals surface area contributed by atoms with Crippen LogP contribution in [0, 0.1) is 0 Å². The molecular formula is C17H19BrClNO. The van der Waals surface area contributed by atoms with Crippen molar-refractivity contribution < 1.29 is 4.74 Å². The van der Waals surface area contributed by atoms with Gasteiger partial charge in [-0.1, -0.05) is 39.7 Å². The van der Waals surface area contributed by atoms with Gasteiger partial charge in [-0.2, -0.15) is 0 Å². The van der Waals surface area contributed by atoms with Gasteiger partial charge in [-0.05, 0) is 62.4 Å². The Morgan fingerprint density at radius 2 is 1.86 bits per heavy atom. The molecule has 0 aromatic heterocycles. The largest absolute Gasteiger partial charge is 0.491 e. The van der Waals surface area contributed by atoms with E-state index in [0.29, 0.717) is 5.02 Å². The fourth-order valence-corrected chi connectivity index (χ4v) is 3.19. The van der Waals surface area contributed by atoms with Gasteiger partial charge in [0.05, 0.1) is 12.1 Å². The van der Waals surface area contributed by atoms with E-state index in [-0.39, 0.29) is 12.1 Å². The zero-order valence-electron chi connectivity index (χ0n) is 12.4. The van der Waals surface area contributed by atoms with Crippen molar-refractivity contribution in [2.24, 2.45) is 0 Å². The molecule has 0 heterocycles. The second-order valence-corrected chi connectivity index (χ2v) is 6.52. The van der Waals surface area contributed by atoms with E-state index in [1.54, 1.807) is 0 Å². The van der Waals surface area contributed by atoms with E-state index in [4.69, 9.17) is 16.3 Å². The van der Waals surface area contributed by atoms with Crippen LogP contribution < -0.4 is 10.1 Å². The van der Waals surface area contributed by atoms with Crippen LogP contribution in [0.2, 0.25) is 5.02 Å². The Hall–Kier alpha value is -1.03. The summed E-state index contributed by atoms with van der Waals surface area (Å²) in [5.41, 5.74) is 2.25. The molecule has 4 heteroatoms. The summed E-state index contributed by atoms with van der Waals surface area (Å²) in [6.07, 6.45) is 0.161. The predicted octanol–water partition coefficient (Wildman–Crippen LogP) is 5.20. The van der Waals surface area contributed by atoms with Crippen molar-refractivity contribution in [3.63, 3.8) is 0 Å². The van der Waals surface area contributed by atoms with E-state index in [2.05, 4.69) is 39.4 Å². The van der Waals surface area contributed by atoms with Crippen LogP contribution in [0.25, 0.3) is 0 Å². The lowest BCUT2D eigenvalue weighted by atomic mass is 9.99. The molecule has 2 nitrogen and oxygen atoms in total. The van der Waals surface area contributed by atoms with E-state index in [1.807, 2.05) is 45.2 Å². The van der Waals surface area contributed by atoms with Gasteiger partial charge in [0.2, 0.25) is 0 Å². The van der Waals surface area contributed by atoms with Crippen molar-refractivity contribution in [2.45, 2.75) is 26.0 Å². The summed E-state index contributed by atoms with van der Waals surface area (Å²) < 4.78 is 6.74. The minimum absolute atomic E-state index is 0.0655. The molecule has 0 amide bonds. The molecule has 21 heavy (non-hydrogen) atoms. The van der Waals surface area contributed by atoms with Crippen molar-refractivity contribution in [1.82, 2.24) is 5.32 Å². The lowest BCUT2D eigenvalue weighted by Gasteiger charge is -2.19. The fraction of sp³-hybridized carbons (Fsp3) is 0.294. The van der Waals surface area contributed by atoms with Crippen LogP contribution in [0.5, 0.6) is 5.75 Å². The predicted molar refractivity (Wildman–Crippen MR) is 92.3 cm³/mol. The molecule has 1 N–H and O–H groups in total. The minimum Gasteiger partial charge on any atom is -0.491 e. The Balaban J connectivity index is 2.36. The van der Waals surface area contributed by atoms with Crippen molar-refractivity contribution in [1.29, 1.82) is 0 Å². The Morgan fingerprint density at radius 3 is 2.48 bits per heavy atom. The average Bonchev–Trinajstić information content (AvgIpc) is 2.38. The molecule has 0 aliphatic rings. The number of halogens is 2. The molecule has 0 spiro atoms. The molecule has 112 valence electrons. The van der Waals surface area contributed by atoms with Gasteiger partial charge >= 0.3 is 0 Å². The summed E-state index contributed by atoms with van der Waals surface area (Å²) in [7, 11) is 1.94. The zero-order chi connectivity index (χ0) is 15.4. The third-order valence-corrected chi connectivity index (χ3v) is 3.75. The minimum atomic E-state index is 0.0655. The molecule has 2 rings (SSSR count). The van der Waals surface area contributed by atoms with Gasteiger partial charge in [0.25, 0.3) is 0 Å². The van der Waals surface area contributed by atoms with Crippen LogP contribution in [0.3, 0.4) is 0 Å². The standard InChI is InChI=1S/C17H19BrClNO/c1-11(2)21-16-6-4-5-12(9-16)17(20-3)13-7-14(18)10-15(19)8-13/h4-11,17,20H,1-3H3. The molecule has 0 bridgehead atoms. The van der Waals surface area contributed by atoms with Crippen molar-refractivity contribution in [2.75, 3.05) is 7.05 Å². The Bertz CT molecular complexity index is 595. The van der Waals surface area contributed by atoms with Gasteiger partial charge in [0.1, 0.15) is 5.75 Å². The van der Waals surface area contributed by atoms with Crippen LogP contribution >= 0.6 is 27.5 Å². The Labute approximate surface area is 139 Å². The van der Waals surface area contributed by atoms with E-state index in [1.165, 1.54) is 0 Å². The Morgan fingerprint density at radius 1 is 1.10 bits per heavy atom. The van der Waals surface area contributed by atoms with Gasteiger partial charge in [-0.15, -0.1) is 0 Å². The number of hydrogen-bond acceptors (Lipinski definition) is 2. The molecule has 0 aliphatic heterocycles. The molecule has 1 atom stereocenters. The van der Waals surface area contributed by atoms with Crippen molar-refractivity contribution in [3.8, 4) is 5.75 Å². The van der Waals surface area contributed by atoms with Crippen LogP contribution in [0.4, 0.5) is 0 Å². The molecule has 2 aromatic rings. The average molecular weight is 369 g/mol. The van der Waals surface area contributed by atoms with Crippen LogP contribution in [0.15, 0.2) is 46.9 Å². The number of ether oxygens (including phenoxy) is 1. The molecule has 0 radical (unpaired) electrons. The highest BCUT2D eigenvalue weighted by molar-refractivity contribution is 9.10. The number of hydrogen-bond donors (Lipinski definition) is 1. The van der Waals surface area contributed by atoms with Gasteiger partial charge in [0, 0.05) is 9.50 Å². The molecule has 0 fully saturated rings. The van der Waals surface area contributed by atoms with Crippen molar-refractivity contribution >= 4 is 27.5 Å². The maximum atomic E-state index is 6.16.